The molecule has 2 aromatic carbocycles. The highest BCUT2D eigenvalue weighted by Crippen LogP contribution is 2.32. The number of carbonyl (C=O) groups excluding carboxylic acids is 2. The Morgan fingerprint density at radius 3 is 2.36 bits per heavy atom. The smallest absolute Gasteiger partial charge is 0.308 e. The molecule has 0 aromatic heterocycles. The van der Waals surface area contributed by atoms with Crippen LogP contribution in [-0.2, 0) is 20.7 Å². The standard InChI is InChI=1S/C19H18Cl2O4/c1-12(22)24-18-6-4-3-5-15(18)19(25-13(2)23)10-8-14-7-9-16(20)17(21)11-14/h3-7,9,11,19H,8,10H2,1-2H3. The van der Waals surface area contributed by atoms with E-state index in [-0.39, 0.29) is 0 Å². The first-order valence-electron chi connectivity index (χ1n) is 7.75. The summed E-state index contributed by atoms with van der Waals surface area (Å²) >= 11 is 12.0. The molecule has 0 radical (unpaired) electrons. The Labute approximate surface area is 156 Å². The van der Waals surface area contributed by atoms with Crippen molar-refractivity contribution in [2.75, 3.05) is 0 Å². The molecule has 0 saturated heterocycles. The molecule has 0 fully saturated rings. The molecule has 132 valence electrons. The summed E-state index contributed by atoms with van der Waals surface area (Å²) in [5.74, 6) is -0.453. The van der Waals surface area contributed by atoms with Crippen LogP contribution in [0.4, 0.5) is 0 Å². The van der Waals surface area contributed by atoms with E-state index in [1.165, 1.54) is 13.8 Å². The minimum Gasteiger partial charge on any atom is -0.458 e. The Hall–Kier alpha value is -2.04. The molecule has 0 saturated carbocycles. The van der Waals surface area contributed by atoms with Gasteiger partial charge in [0.05, 0.1) is 10.0 Å². The molecule has 0 N–H and O–H groups in total. The number of rotatable bonds is 6. The quantitative estimate of drug-likeness (QED) is 0.513. The molecule has 0 amide bonds. The van der Waals surface area contributed by atoms with Crippen molar-refractivity contribution >= 4 is 35.1 Å². The van der Waals surface area contributed by atoms with Gasteiger partial charge in [0.15, 0.2) is 0 Å². The molecule has 2 rings (SSSR count). The van der Waals surface area contributed by atoms with Crippen LogP contribution < -0.4 is 4.74 Å². The van der Waals surface area contributed by atoms with Crippen LogP contribution in [0.15, 0.2) is 42.5 Å². The minimum atomic E-state index is -0.539. The van der Waals surface area contributed by atoms with E-state index in [2.05, 4.69) is 0 Å². The average Bonchev–Trinajstić information content (AvgIpc) is 2.54. The summed E-state index contributed by atoms with van der Waals surface area (Å²) in [6.45, 7) is 2.67. The van der Waals surface area contributed by atoms with Crippen LogP contribution in [0.1, 0.15) is 37.5 Å². The molecule has 0 aliphatic heterocycles. The number of para-hydroxylation sites is 1. The molecule has 1 unspecified atom stereocenters. The summed E-state index contributed by atoms with van der Waals surface area (Å²) in [5, 5.41) is 0.964. The van der Waals surface area contributed by atoms with Gasteiger partial charge in [-0.05, 0) is 36.6 Å². The molecule has 0 bridgehead atoms. The lowest BCUT2D eigenvalue weighted by Gasteiger charge is -2.20. The third kappa shape index (κ3) is 5.76. The lowest BCUT2D eigenvalue weighted by molar-refractivity contribution is -0.147. The topological polar surface area (TPSA) is 52.6 Å². The summed E-state index contributed by atoms with van der Waals surface area (Å²) in [7, 11) is 0. The summed E-state index contributed by atoms with van der Waals surface area (Å²) in [6, 6.07) is 12.4. The Morgan fingerprint density at radius 2 is 1.72 bits per heavy atom. The summed E-state index contributed by atoms with van der Waals surface area (Å²) in [5.41, 5.74) is 1.62. The first-order valence-corrected chi connectivity index (χ1v) is 8.51. The number of esters is 2. The molecule has 6 heteroatoms. The predicted molar refractivity (Wildman–Crippen MR) is 97.0 cm³/mol. The fourth-order valence-electron chi connectivity index (χ4n) is 2.47. The SMILES string of the molecule is CC(=O)Oc1ccccc1C(CCc1ccc(Cl)c(Cl)c1)OC(C)=O. The Balaban J connectivity index is 2.23. The van der Waals surface area contributed by atoms with Crippen LogP contribution in [0.2, 0.25) is 10.0 Å². The van der Waals surface area contributed by atoms with Gasteiger partial charge in [0.2, 0.25) is 0 Å². The second-order valence-corrected chi connectivity index (χ2v) is 6.33. The number of benzene rings is 2. The van der Waals surface area contributed by atoms with E-state index >= 15 is 0 Å². The second-order valence-electron chi connectivity index (χ2n) is 5.52. The lowest BCUT2D eigenvalue weighted by atomic mass is 10.0. The number of carbonyl (C=O) groups is 2. The van der Waals surface area contributed by atoms with Crippen molar-refractivity contribution in [2.45, 2.75) is 32.8 Å². The van der Waals surface area contributed by atoms with Crippen molar-refractivity contribution in [2.24, 2.45) is 0 Å². The summed E-state index contributed by atoms with van der Waals surface area (Å²) in [4.78, 5) is 22.8. The van der Waals surface area contributed by atoms with E-state index in [0.717, 1.165) is 5.56 Å². The number of aryl methyl sites for hydroxylation is 1. The normalized spacial score (nSPS) is 11.7. The Kier molecular flexibility index (Phi) is 6.85. The van der Waals surface area contributed by atoms with E-state index in [4.69, 9.17) is 32.7 Å². The first kappa shape index (κ1) is 19.3. The van der Waals surface area contributed by atoms with E-state index in [1.807, 2.05) is 6.07 Å². The zero-order valence-electron chi connectivity index (χ0n) is 13.9. The minimum absolute atomic E-state index is 0.385. The highest BCUT2D eigenvalue weighted by Gasteiger charge is 2.20. The van der Waals surface area contributed by atoms with Crippen molar-refractivity contribution in [3.63, 3.8) is 0 Å². The van der Waals surface area contributed by atoms with Crippen LogP contribution in [0.3, 0.4) is 0 Å². The fourth-order valence-corrected chi connectivity index (χ4v) is 2.79. The van der Waals surface area contributed by atoms with E-state index in [0.29, 0.717) is 34.2 Å². The third-order valence-corrected chi connectivity index (χ3v) is 4.25. The van der Waals surface area contributed by atoms with Crippen molar-refractivity contribution < 1.29 is 19.1 Å². The van der Waals surface area contributed by atoms with E-state index < -0.39 is 18.0 Å². The van der Waals surface area contributed by atoms with Gasteiger partial charge in [0.1, 0.15) is 11.9 Å². The van der Waals surface area contributed by atoms with Gasteiger partial charge in [-0.1, -0.05) is 47.5 Å². The fraction of sp³-hybridized carbons (Fsp3) is 0.263. The molecule has 2 aromatic rings. The molecule has 0 aliphatic carbocycles. The van der Waals surface area contributed by atoms with Crippen molar-refractivity contribution in [1.82, 2.24) is 0 Å². The van der Waals surface area contributed by atoms with Crippen LogP contribution >= 0.6 is 23.2 Å². The largest absolute Gasteiger partial charge is 0.458 e. The van der Waals surface area contributed by atoms with Gasteiger partial charge in [-0.15, -0.1) is 0 Å². The van der Waals surface area contributed by atoms with Crippen molar-refractivity contribution in [1.29, 1.82) is 0 Å². The van der Waals surface area contributed by atoms with Gasteiger partial charge in [-0.2, -0.15) is 0 Å². The number of hydrogen-bond donors (Lipinski definition) is 0. The molecule has 25 heavy (non-hydrogen) atoms. The van der Waals surface area contributed by atoms with Gasteiger partial charge in [0, 0.05) is 19.4 Å². The molecule has 0 spiro atoms. The molecular formula is C19H18Cl2O4. The van der Waals surface area contributed by atoms with Gasteiger partial charge < -0.3 is 9.47 Å². The van der Waals surface area contributed by atoms with Crippen LogP contribution in [-0.4, -0.2) is 11.9 Å². The molecule has 0 heterocycles. The van der Waals surface area contributed by atoms with Gasteiger partial charge in [-0.3, -0.25) is 9.59 Å². The van der Waals surface area contributed by atoms with E-state index in [1.54, 1.807) is 36.4 Å². The number of halogens is 2. The lowest BCUT2D eigenvalue weighted by Crippen LogP contribution is -2.12. The second kappa shape index (κ2) is 8.88. The zero-order valence-corrected chi connectivity index (χ0v) is 15.4. The van der Waals surface area contributed by atoms with E-state index in [9.17, 15) is 9.59 Å². The maximum atomic E-state index is 11.5. The molecule has 4 nitrogen and oxygen atoms in total. The number of ether oxygens (including phenoxy) is 2. The summed E-state index contributed by atoms with van der Waals surface area (Å²) < 4.78 is 10.7. The first-order chi connectivity index (χ1) is 11.9. The predicted octanol–water partition coefficient (Wildman–Crippen LogP) is 5.16. The molecule has 1 atom stereocenters. The monoisotopic (exact) mass is 380 g/mol. The van der Waals surface area contributed by atoms with Gasteiger partial charge in [0.25, 0.3) is 0 Å². The maximum absolute atomic E-state index is 11.5. The van der Waals surface area contributed by atoms with Gasteiger partial charge in [-0.25, -0.2) is 0 Å². The van der Waals surface area contributed by atoms with Crippen molar-refractivity contribution in [3.05, 3.63) is 63.6 Å². The third-order valence-electron chi connectivity index (χ3n) is 3.51. The number of hydrogen-bond acceptors (Lipinski definition) is 4. The van der Waals surface area contributed by atoms with Crippen LogP contribution in [0.5, 0.6) is 5.75 Å². The highest BCUT2D eigenvalue weighted by molar-refractivity contribution is 6.42. The summed E-state index contributed by atoms with van der Waals surface area (Å²) in [6.07, 6.45) is 0.585. The average molecular weight is 381 g/mol. The van der Waals surface area contributed by atoms with Crippen molar-refractivity contribution in [3.8, 4) is 5.75 Å². The molecular weight excluding hydrogens is 363 g/mol. The maximum Gasteiger partial charge on any atom is 0.308 e. The van der Waals surface area contributed by atoms with Crippen LogP contribution in [0, 0.1) is 0 Å². The Bertz CT molecular complexity index is 774. The molecule has 0 aliphatic rings. The Morgan fingerprint density at radius 1 is 1.00 bits per heavy atom. The van der Waals surface area contributed by atoms with Gasteiger partial charge >= 0.3 is 11.9 Å². The highest BCUT2D eigenvalue weighted by atomic mass is 35.5. The zero-order chi connectivity index (χ0) is 18.4. The van der Waals surface area contributed by atoms with Crippen LogP contribution in [0.25, 0.3) is 0 Å².